The summed E-state index contributed by atoms with van der Waals surface area (Å²) in [5.74, 6) is 0.00725. The van der Waals surface area contributed by atoms with Crippen LogP contribution >= 0.6 is 22.9 Å². The van der Waals surface area contributed by atoms with Gasteiger partial charge >= 0.3 is 0 Å². The number of nitrogens with zero attached hydrogens (tertiary/aromatic N) is 2. The van der Waals surface area contributed by atoms with Crippen LogP contribution in [0.25, 0.3) is 0 Å². The van der Waals surface area contributed by atoms with Gasteiger partial charge in [-0.3, -0.25) is 19.6 Å². The number of carbonyl (C=O) groups excluding carboxylic acids is 2. The van der Waals surface area contributed by atoms with Gasteiger partial charge in [0.05, 0.1) is 27.3 Å². The number of aryl methyl sites for hydroxylation is 2. The Hall–Kier alpha value is -2.97. The van der Waals surface area contributed by atoms with Gasteiger partial charge in [-0.25, -0.2) is 0 Å². The molecule has 4 rings (SSSR count). The van der Waals surface area contributed by atoms with Gasteiger partial charge in [0.25, 0.3) is 5.91 Å². The van der Waals surface area contributed by atoms with Crippen LogP contribution in [0, 0.1) is 19.8 Å². The molecule has 3 aromatic heterocycles. The molecule has 0 aliphatic heterocycles. The summed E-state index contributed by atoms with van der Waals surface area (Å²) in [6.07, 6.45) is 9.72. The number of nitrogens with one attached hydrogen (secondary N) is 3. The quantitative estimate of drug-likeness (QED) is 0.281. The zero-order chi connectivity index (χ0) is 26.4. The summed E-state index contributed by atoms with van der Waals surface area (Å²) in [6.45, 7) is 5.83. The molecule has 3 aromatic rings. The summed E-state index contributed by atoms with van der Waals surface area (Å²) in [6, 6.07) is 8.56. The van der Waals surface area contributed by atoms with Gasteiger partial charge in [-0.05, 0) is 63.4 Å². The summed E-state index contributed by atoms with van der Waals surface area (Å²) < 4.78 is 0. The fraction of sp³-hybridized carbons (Fsp3) is 0.429. The molecular weight excluding hydrogens is 506 g/mol. The number of anilines is 2. The molecule has 0 spiro atoms. The molecule has 0 bridgehead atoms. The lowest BCUT2D eigenvalue weighted by Gasteiger charge is -2.26. The predicted molar refractivity (Wildman–Crippen MR) is 150 cm³/mol. The van der Waals surface area contributed by atoms with E-state index in [4.69, 9.17) is 11.6 Å². The number of pyridine rings is 2. The zero-order valence-electron chi connectivity index (χ0n) is 21.5. The summed E-state index contributed by atoms with van der Waals surface area (Å²) >= 11 is 7.52. The molecule has 0 unspecified atom stereocenters. The highest BCUT2D eigenvalue weighted by Gasteiger charge is 2.27. The van der Waals surface area contributed by atoms with Gasteiger partial charge in [0, 0.05) is 28.7 Å². The maximum Gasteiger partial charge on any atom is 0.262 e. The Kier molecular flexibility index (Phi) is 9.16. The summed E-state index contributed by atoms with van der Waals surface area (Å²) in [5, 5.41) is 10.00. The van der Waals surface area contributed by atoms with Crippen molar-refractivity contribution in [3.05, 3.63) is 68.9 Å². The average Bonchev–Trinajstić information content (AvgIpc) is 3.37. The number of aromatic nitrogens is 2. The number of carbonyl (C=O) groups is 2. The first-order chi connectivity index (χ1) is 17.8. The third-order valence-corrected chi connectivity index (χ3v) is 8.26. The largest absolute Gasteiger partial charge is 0.376 e. The van der Waals surface area contributed by atoms with Crippen LogP contribution in [0.15, 0.2) is 42.7 Å². The SMILES string of the molecule is Cc1cc(NC(=O)[C@H](CC2CCCCC2)NC(=O)c2ccc([C@H](C)Nc3cc(Cl)cnc3C)s2)ccn1. The molecule has 1 saturated carbocycles. The minimum absolute atomic E-state index is 0.0400. The van der Waals surface area contributed by atoms with Gasteiger partial charge in [0.1, 0.15) is 6.04 Å². The van der Waals surface area contributed by atoms with Crippen LogP contribution in [0.3, 0.4) is 0 Å². The van der Waals surface area contributed by atoms with Crippen molar-refractivity contribution in [3.8, 4) is 0 Å². The van der Waals surface area contributed by atoms with E-state index in [0.717, 1.165) is 34.8 Å². The first kappa shape index (κ1) is 27.1. The summed E-state index contributed by atoms with van der Waals surface area (Å²) in [7, 11) is 0. The van der Waals surface area contributed by atoms with Crippen LogP contribution in [0.5, 0.6) is 0 Å². The number of hydrogen-bond donors (Lipinski definition) is 3. The van der Waals surface area contributed by atoms with Crippen molar-refractivity contribution >= 4 is 46.1 Å². The van der Waals surface area contributed by atoms with E-state index in [-0.39, 0.29) is 17.9 Å². The second-order valence-corrected chi connectivity index (χ2v) is 11.3. The van der Waals surface area contributed by atoms with Crippen molar-refractivity contribution in [1.29, 1.82) is 0 Å². The Morgan fingerprint density at radius 2 is 1.89 bits per heavy atom. The summed E-state index contributed by atoms with van der Waals surface area (Å²) in [4.78, 5) is 36.6. The lowest BCUT2D eigenvalue weighted by molar-refractivity contribution is -0.118. The van der Waals surface area contributed by atoms with E-state index in [1.165, 1.54) is 30.6 Å². The van der Waals surface area contributed by atoms with E-state index < -0.39 is 6.04 Å². The van der Waals surface area contributed by atoms with Crippen molar-refractivity contribution in [3.63, 3.8) is 0 Å². The number of halogens is 1. The second-order valence-electron chi connectivity index (χ2n) is 9.80. The maximum atomic E-state index is 13.3. The van der Waals surface area contributed by atoms with Gasteiger partial charge in [0.15, 0.2) is 0 Å². The molecule has 37 heavy (non-hydrogen) atoms. The van der Waals surface area contributed by atoms with Gasteiger partial charge < -0.3 is 16.0 Å². The van der Waals surface area contributed by atoms with E-state index in [1.54, 1.807) is 18.5 Å². The molecule has 196 valence electrons. The smallest absolute Gasteiger partial charge is 0.262 e. The molecular formula is C28H34ClN5O2S. The second kappa shape index (κ2) is 12.5. The first-order valence-corrected chi connectivity index (χ1v) is 14.0. The third kappa shape index (κ3) is 7.52. The van der Waals surface area contributed by atoms with Gasteiger partial charge in [-0.1, -0.05) is 43.7 Å². The topological polar surface area (TPSA) is 96.0 Å². The van der Waals surface area contributed by atoms with Crippen LogP contribution in [-0.2, 0) is 4.79 Å². The summed E-state index contributed by atoms with van der Waals surface area (Å²) in [5.41, 5.74) is 3.22. The lowest BCUT2D eigenvalue weighted by atomic mass is 9.84. The average molecular weight is 540 g/mol. The van der Waals surface area contributed by atoms with E-state index in [0.29, 0.717) is 27.9 Å². The third-order valence-electron chi connectivity index (χ3n) is 6.78. The van der Waals surface area contributed by atoms with E-state index in [2.05, 4.69) is 25.9 Å². The molecule has 0 saturated heterocycles. The van der Waals surface area contributed by atoms with Crippen molar-refractivity contribution in [1.82, 2.24) is 15.3 Å². The highest BCUT2D eigenvalue weighted by atomic mass is 35.5. The monoisotopic (exact) mass is 539 g/mol. The number of rotatable bonds is 9. The number of amides is 2. The molecule has 1 aliphatic rings. The molecule has 1 aliphatic carbocycles. The molecule has 7 nitrogen and oxygen atoms in total. The number of hydrogen-bond acceptors (Lipinski definition) is 6. The van der Waals surface area contributed by atoms with Crippen molar-refractivity contribution < 1.29 is 9.59 Å². The molecule has 0 aromatic carbocycles. The first-order valence-electron chi connectivity index (χ1n) is 12.8. The van der Waals surface area contributed by atoms with Crippen LogP contribution in [0.4, 0.5) is 11.4 Å². The van der Waals surface area contributed by atoms with Crippen LogP contribution < -0.4 is 16.0 Å². The zero-order valence-corrected chi connectivity index (χ0v) is 23.1. The van der Waals surface area contributed by atoms with E-state index >= 15 is 0 Å². The fourth-order valence-corrected chi connectivity index (χ4v) is 5.81. The molecule has 3 heterocycles. The normalized spacial score (nSPS) is 15.6. The van der Waals surface area contributed by atoms with Crippen molar-refractivity contribution in [2.45, 2.75) is 71.4 Å². The predicted octanol–water partition coefficient (Wildman–Crippen LogP) is 6.69. The van der Waals surface area contributed by atoms with E-state index in [1.807, 2.05) is 45.0 Å². The Morgan fingerprint density at radius 3 is 2.65 bits per heavy atom. The van der Waals surface area contributed by atoms with Crippen molar-refractivity contribution in [2.24, 2.45) is 5.92 Å². The standard InChI is InChI=1S/C28H34ClN5O2S/c1-17-13-22(11-12-30-17)33-27(35)24(14-20-7-5-4-6-8-20)34-28(36)26-10-9-25(37-26)19(3)32-23-15-21(29)16-31-18(23)2/h9-13,15-16,19-20,24,32H,4-8,14H2,1-3H3,(H,34,36)(H,30,33,35)/t19-,24-/m0/s1. The van der Waals surface area contributed by atoms with E-state index in [9.17, 15) is 9.59 Å². The maximum absolute atomic E-state index is 13.3. The minimum Gasteiger partial charge on any atom is -0.376 e. The molecule has 2 atom stereocenters. The van der Waals surface area contributed by atoms with Crippen LogP contribution in [0.1, 0.15) is 77.4 Å². The molecule has 1 fully saturated rings. The molecule has 2 amide bonds. The lowest BCUT2D eigenvalue weighted by Crippen LogP contribution is -2.45. The molecule has 3 N–H and O–H groups in total. The highest BCUT2D eigenvalue weighted by Crippen LogP contribution is 2.30. The van der Waals surface area contributed by atoms with Crippen LogP contribution in [0.2, 0.25) is 5.02 Å². The minimum atomic E-state index is -0.606. The van der Waals surface area contributed by atoms with Crippen LogP contribution in [-0.4, -0.2) is 27.8 Å². The molecule has 9 heteroatoms. The van der Waals surface area contributed by atoms with Gasteiger partial charge in [0.2, 0.25) is 5.91 Å². The van der Waals surface area contributed by atoms with Crippen molar-refractivity contribution in [2.75, 3.05) is 10.6 Å². The van der Waals surface area contributed by atoms with Gasteiger partial charge in [-0.15, -0.1) is 11.3 Å². The van der Waals surface area contributed by atoms with Gasteiger partial charge in [-0.2, -0.15) is 0 Å². The molecule has 0 radical (unpaired) electrons. The number of thiophene rings is 1. The Bertz CT molecular complexity index is 1240. The highest BCUT2D eigenvalue weighted by molar-refractivity contribution is 7.14. The fourth-order valence-electron chi connectivity index (χ4n) is 4.74. The Labute approximate surface area is 227 Å². The Morgan fingerprint density at radius 1 is 1.11 bits per heavy atom. The Balaban J connectivity index is 1.44.